The summed E-state index contributed by atoms with van der Waals surface area (Å²) in [6.45, 7) is 1.69. The lowest BCUT2D eigenvalue weighted by atomic mass is 10.2. The lowest BCUT2D eigenvalue weighted by Gasteiger charge is -2.24. The van der Waals surface area contributed by atoms with E-state index < -0.39 is 0 Å². The minimum atomic E-state index is 0.367. The maximum absolute atomic E-state index is 5.66. The number of fused-ring (bicyclic) bond motifs is 2. The second-order valence-electron chi connectivity index (χ2n) is 3.75. The molecule has 2 aliphatic heterocycles. The molecule has 2 bridgehead atoms. The van der Waals surface area contributed by atoms with E-state index in [-0.39, 0.29) is 0 Å². The smallest absolute Gasteiger partial charge is 0.297 e. The van der Waals surface area contributed by atoms with E-state index in [4.69, 9.17) is 20.8 Å². The van der Waals surface area contributed by atoms with E-state index in [1.54, 1.807) is 6.26 Å². The topological polar surface area (TPSA) is 38.5 Å². The first-order valence-corrected chi connectivity index (χ1v) is 5.29. The van der Waals surface area contributed by atoms with E-state index in [1.807, 2.05) is 0 Å². The number of anilines is 1. The minimum Gasteiger partial charge on any atom is -0.432 e. The van der Waals surface area contributed by atoms with E-state index in [9.17, 15) is 0 Å². The maximum Gasteiger partial charge on any atom is 0.297 e. The summed E-state index contributed by atoms with van der Waals surface area (Å²) in [6.07, 6.45) is 3.08. The molecule has 2 fully saturated rings. The molecule has 1 aromatic rings. The van der Waals surface area contributed by atoms with Gasteiger partial charge in [-0.3, -0.25) is 0 Å². The van der Waals surface area contributed by atoms with Gasteiger partial charge in [-0.1, -0.05) is 0 Å². The molecule has 2 aliphatic rings. The van der Waals surface area contributed by atoms with Crippen LogP contribution in [0.4, 0.5) is 6.01 Å². The van der Waals surface area contributed by atoms with Gasteiger partial charge in [0.05, 0.1) is 30.3 Å². The van der Waals surface area contributed by atoms with Crippen LogP contribution in [0.1, 0.15) is 12.1 Å². The summed E-state index contributed by atoms with van der Waals surface area (Å²) in [6, 6.07) is 1.14. The molecular formula is C9H11ClN2O2. The molecule has 3 rings (SSSR count). The zero-order chi connectivity index (χ0) is 9.54. The van der Waals surface area contributed by atoms with Gasteiger partial charge in [0.25, 0.3) is 6.01 Å². The van der Waals surface area contributed by atoms with Crippen LogP contribution in [0.15, 0.2) is 10.7 Å². The van der Waals surface area contributed by atoms with Crippen LogP contribution in [0.2, 0.25) is 0 Å². The second-order valence-corrected chi connectivity index (χ2v) is 4.02. The predicted molar refractivity (Wildman–Crippen MR) is 51.6 cm³/mol. The van der Waals surface area contributed by atoms with Crippen molar-refractivity contribution < 1.29 is 9.15 Å². The number of ether oxygens (including phenoxy) is 1. The molecular weight excluding hydrogens is 204 g/mol. The van der Waals surface area contributed by atoms with Crippen molar-refractivity contribution in [3.63, 3.8) is 0 Å². The lowest BCUT2D eigenvalue weighted by molar-refractivity contribution is 0.0974. The highest BCUT2D eigenvalue weighted by atomic mass is 35.5. The summed E-state index contributed by atoms with van der Waals surface area (Å²) in [5.74, 6) is 0.405. The highest BCUT2D eigenvalue weighted by Crippen LogP contribution is 2.31. The van der Waals surface area contributed by atoms with E-state index in [0.717, 1.165) is 25.3 Å². The molecule has 0 aromatic carbocycles. The van der Waals surface area contributed by atoms with Gasteiger partial charge < -0.3 is 14.1 Å². The third-order valence-electron chi connectivity index (χ3n) is 2.82. The Kier molecular flexibility index (Phi) is 1.92. The lowest BCUT2D eigenvalue weighted by Crippen LogP contribution is -2.37. The summed E-state index contributed by atoms with van der Waals surface area (Å²) in [7, 11) is 0. The van der Waals surface area contributed by atoms with Gasteiger partial charge in [0.1, 0.15) is 6.26 Å². The van der Waals surface area contributed by atoms with Gasteiger partial charge in [0.2, 0.25) is 0 Å². The molecule has 1 aromatic heterocycles. The van der Waals surface area contributed by atoms with Crippen molar-refractivity contribution in [3.8, 4) is 0 Å². The SMILES string of the molecule is ClCc1coc(N2CC3CC2CO3)n1. The van der Waals surface area contributed by atoms with E-state index in [2.05, 4.69) is 9.88 Å². The first-order valence-electron chi connectivity index (χ1n) is 4.75. The fourth-order valence-corrected chi connectivity index (χ4v) is 2.25. The number of aromatic nitrogens is 1. The number of hydrogen-bond donors (Lipinski definition) is 0. The number of alkyl halides is 1. The number of rotatable bonds is 2. The Morgan fingerprint density at radius 1 is 1.64 bits per heavy atom. The molecule has 0 aliphatic carbocycles. The molecule has 0 spiro atoms. The van der Waals surface area contributed by atoms with Crippen molar-refractivity contribution >= 4 is 17.6 Å². The van der Waals surface area contributed by atoms with E-state index in [1.165, 1.54) is 0 Å². The molecule has 2 saturated heterocycles. The molecule has 3 heterocycles. The zero-order valence-electron chi connectivity index (χ0n) is 7.65. The van der Waals surface area contributed by atoms with Crippen LogP contribution in [0.5, 0.6) is 0 Å². The molecule has 2 atom stereocenters. The van der Waals surface area contributed by atoms with Crippen LogP contribution in [-0.2, 0) is 10.6 Å². The largest absolute Gasteiger partial charge is 0.432 e. The monoisotopic (exact) mass is 214 g/mol. The minimum absolute atomic E-state index is 0.367. The van der Waals surface area contributed by atoms with Crippen molar-refractivity contribution in [2.75, 3.05) is 18.1 Å². The molecule has 4 nitrogen and oxygen atoms in total. The fraction of sp³-hybridized carbons (Fsp3) is 0.667. The third-order valence-corrected chi connectivity index (χ3v) is 3.10. The molecule has 0 radical (unpaired) electrons. The van der Waals surface area contributed by atoms with Gasteiger partial charge in [-0.25, -0.2) is 0 Å². The molecule has 0 saturated carbocycles. The average Bonchev–Trinajstić information content (AvgIpc) is 2.93. The standard InChI is InChI=1S/C9H11ClN2O2/c10-2-6-4-14-9(11-6)12-3-8-1-7(12)5-13-8/h4,7-8H,1-3,5H2. The summed E-state index contributed by atoms with van der Waals surface area (Å²) in [4.78, 5) is 6.47. The van der Waals surface area contributed by atoms with E-state index >= 15 is 0 Å². The zero-order valence-corrected chi connectivity index (χ0v) is 8.41. The summed E-state index contributed by atoms with van der Waals surface area (Å²) in [5.41, 5.74) is 0.797. The van der Waals surface area contributed by atoms with Gasteiger partial charge in [-0.05, 0) is 6.42 Å². The van der Waals surface area contributed by atoms with E-state index in [0.29, 0.717) is 24.0 Å². The Hall–Kier alpha value is -0.740. The third kappa shape index (κ3) is 1.21. The van der Waals surface area contributed by atoms with Crippen LogP contribution in [0.25, 0.3) is 0 Å². The molecule has 76 valence electrons. The first-order chi connectivity index (χ1) is 6.86. The van der Waals surface area contributed by atoms with Gasteiger partial charge in [0, 0.05) is 6.54 Å². The van der Waals surface area contributed by atoms with Crippen LogP contribution in [0.3, 0.4) is 0 Å². The highest BCUT2D eigenvalue weighted by molar-refractivity contribution is 6.16. The Morgan fingerprint density at radius 2 is 2.57 bits per heavy atom. The molecule has 0 N–H and O–H groups in total. The highest BCUT2D eigenvalue weighted by Gasteiger charge is 2.40. The molecule has 2 unspecified atom stereocenters. The van der Waals surface area contributed by atoms with Crippen molar-refractivity contribution in [2.24, 2.45) is 0 Å². The Bertz CT molecular complexity index is 341. The van der Waals surface area contributed by atoms with Gasteiger partial charge in [-0.15, -0.1) is 11.6 Å². The van der Waals surface area contributed by atoms with Crippen LogP contribution >= 0.6 is 11.6 Å². The summed E-state index contributed by atoms with van der Waals surface area (Å²) >= 11 is 5.66. The molecule has 5 heteroatoms. The fourth-order valence-electron chi connectivity index (χ4n) is 2.12. The normalized spacial score (nSPS) is 30.2. The average molecular weight is 215 g/mol. The Balaban J connectivity index is 1.82. The molecule has 0 amide bonds. The Morgan fingerprint density at radius 3 is 3.14 bits per heavy atom. The van der Waals surface area contributed by atoms with Gasteiger partial charge in [0.15, 0.2) is 0 Å². The van der Waals surface area contributed by atoms with Crippen molar-refractivity contribution in [1.29, 1.82) is 0 Å². The number of halogens is 1. The number of hydrogen-bond acceptors (Lipinski definition) is 4. The predicted octanol–water partition coefficient (Wildman–Crippen LogP) is 1.39. The van der Waals surface area contributed by atoms with Crippen molar-refractivity contribution in [3.05, 3.63) is 12.0 Å². The van der Waals surface area contributed by atoms with Crippen LogP contribution in [0, 0.1) is 0 Å². The van der Waals surface area contributed by atoms with Crippen molar-refractivity contribution in [1.82, 2.24) is 4.98 Å². The quantitative estimate of drug-likeness (QED) is 0.698. The number of nitrogens with zero attached hydrogens (tertiary/aromatic N) is 2. The second kappa shape index (κ2) is 3.14. The van der Waals surface area contributed by atoms with Gasteiger partial charge >= 0.3 is 0 Å². The summed E-state index contributed by atoms with van der Waals surface area (Å²) < 4.78 is 10.9. The molecule has 14 heavy (non-hydrogen) atoms. The Labute approximate surface area is 86.8 Å². The summed E-state index contributed by atoms with van der Waals surface area (Å²) in [5, 5.41) is 0. The van der Waals surface area contributed by atoms with Crippen molar-refractivity contribution in [2.45, 2.75) is 24.4 Å². The van der Waals surface area contributed by atoms with Gasteiger partial charge in [-0.2, -0.15) is 4.98 Å². The number of morpholine rings is 1. The van der Waals surface area contributed by atoms with Crippen LogP contribution in [-0.4, -0.2) is 30.3 Å². The van der Waals surface area contributed by atoms with Crippen LogP contribution < -0.4 is 4.90 Å². The maximum atomic E-state index is 5.66. The first kappa shape index (κ1) is 8.56. The number of oxazole rings is 1.